The van der Waals surface area contributed by atoms with Gasteiger partial charge in [-0.15, -0.1) is 5.10 Å². The van der Waals surface area contributed by atoms with Crippen LogP contribution in [0.5, 0.6) is 0 Å². The molecule has 3 aromatic heterocycles. The van der Waals surface area contributed by atoms with E-state index in [0.29, 0.717) is 30.0 Å². The Bertz CT molecular complexity index is 1240. The van der Waals surface area contributed by atoms with E-state index in [1.165, 1.54) is 0 Å². The van der Waals surface area contributed by atoms with Crippen LogP contribution in [0.15, 0.2) is 42.9 Å². The normalized spacial score (nSPS) is 18.5. The van der Waals surface area contributed by atoms with Crippen LogP contribution >= 0.6 is 0 Å². The Labute approximate surface area is 179 Å². The molecular weight excluding hydrogens is 392 g/mol. The van der Waals surface area contributed by atoms with Crippen molar-refractivity contribution in [3.05, 3.63) is 48.7 Å². The summed E-state index contributed by atoms with van der Waals surface area (Å²) in [5, 5.41) is 31.3. The van der Waals surface area contributed by atoms with Crippen LogP contribution < -0.4 is 0 Å². The molecule has 0 bridgehead atoms. The molecule has 1 aliphatic carbocycles. The van der Waals surface area contributed by atoms with E-state index in [4.69, 9.17) is 10.2 Å². The van der Waals surface area contributed by atoms with Gasteiger partial charge in [0.2, 0.25) is 0 Å². The molecule has 1 fully saturated rings. The fourth-order valence-corrected chi connectivity index (χ4v) is 4.12. The first-order valence-electron chi connectivity index (χ1n) is 10.5. The lowest BCUT2D eigenvalue weighted by Crippen LogP contribution is -2.07. The number of fused-ring (bicyclic) bond motifs is 1. The monoisotopic (exact) mass is 414 g/mol. The van der Waals surface area contributed by atoms with Crippen molar-refractivity contribution in [1.82, 2.24) is 34.7 Å². The van der Waals surface area contributed by atoms with Gasteiger partial charge in [-0.3, -0.25) is 4.68 Å². The molecule has 3 heterocycles. The number of hydrogen-bond acceptors (Lipinski definition) is 7. The van der Waals surface area contributed by atoms with E-state index < -0.39 is 0 Å². The van der Waals surface area contributed by atoms with E-state index in [-0.39, 0.29) is 6.10 Å². The SMILES string of the molecule is N#CCCn1cc(-c2ccc(-n3nnc4cnc(C[C@@H]5CC[C@@H](O)C5)nc43)cc2)cn1. The molecule has 0 aliphatic heterocycles. The lowest BCUT2D eigenvalue weighted by atomic mass is 10.0. The molecule has 0 saturated heterocycles. The van der Waals surface area contributed by atoms with Crippen LogP contribution in [0.4, 0.5) is 0 Å². The highest BCUT2D eigenvalue weighted by Crippen LogP contribution is 2.28. The van der Waals surface area contributed by atoms with E-state index in [1.54, 1.807) is 21.8 Å². The molecule has 2 atom stereocenters. The summed E-state index contributed by atoms with van der Waals surface area (Å²) in [4.78, 5) is 9.16. The van der Waals surface area contributed by atoms with E-state index in [2.05, 4.69) is 26.5 Å². The molecule has 1 saturated carbocycles. The zero-order valence-electron chi connectivity index (χ0n) is 17.0. The van der Waals surface area contributed by atoms with Gasteiger partial charge in [-0.1, -0.05) is 17.3 Å². The Hall–Kier alpha value is -3.64. The fraction of sp³-hybridized carbons (Fsp3) is 0.364. The van der Waals surface area contributed by atoms with Gasteiger partial charge in [-0.25, -0.2) is 9.97 Å². The molecule has 9 heteroatoms. The Balaban J connectivity index is 1.38. The lowest BCUT2D eigenvalue weighted by molar-refractivity contribution is 0.177. The summed E-state index contributed by atoms with van der Waals surface area (Å²) in [5.41, 5.74) is 4.23. The summed E-state index contributed by atoms with van der Waals surface area (Å²) in [6, 6.07) is 10.1. The molecule has 31 heavy (non-hydrogen) atoms. The Morgan fingerprint density at radius 2 is 2.00 bits per heavy atom. The lowest BCUT2D eigenvalue weighted by Gasteiger charge is -2.08. The van der Waals surface area contributed by atoms with Gasteiger partial charge in [-0.05, 0) is 42.9 Å². The second-order valence-electron chi connectivity index (χ2n) is 7.98. The molecule has 156 valence electrons. The second-order valence-corrected chi connectivity index (χ2v) is 7.98. The first-order chi connectivity index (χ1) is 15.2. The van der Waals surface area contributed by atoms with Gasteiger partial charge < -0.3 is 5.11 Å². The van der Waals surface area contributed by atoms with Crippen LogP contribution in [-0.2, 0) is 13.0 Å². The highest BCUT2D eigenvalue weighted by Gasteiger charge is 2.24. The fourth-order valence-electron chi connectivity index (χ4n) is 4.12. The van der Waals surface area contributed by atoms with Crippen LogP contribution in [-0.4, -0.2) is 46.0 Å². The van der Waals surface area contributed by atoms with Crippen molar-refractivity contribution >= 4 is 11.2 Å². The molecule has 9 nitrogen and oxygen atoms in total. The molecule has 5 rings (SSSR count). The van der Waals surface area contributed by atoms with Gasteiger partial charge in [0.05, 0.1) is 43.2 Å². The van der Waals surface area contributed by atoms with Crippen molar-refractivity contribution < 1.29 is 5.11 Å². The maximum Gasteiger partial charge on any atom is 0.187 e. The number of rotatable bonds is 6. The maximum atomic E-state index is 9.77. The predicted octanol–water partition coefficient (Wildman–Crippen LogP) is 2.69. The molecule has 0 unspecified atom stereocenters. The highest BCUT2D eigenvalue weighted by molar-refractivity contribution is 5.71. The Morgan fingerprint density at radius 3 is 2.77 bits per heavy atom. The van der Waals surface area contributed by atoms with Gasteiger partial charge in [0.25, 0.3) is 0 Å². The molecule has 0 radical (unpaired) electrons. The standard InChI is InChI=1S/C22H22N8O/c23-8-1-9-29-14-17(12-25-29)16-3-5-18(6-4-16)30-22-20(27-28-30)13-24-21(26-22)11-15-2-7-19(31)10-15/h3-6,12-15,19,31H,1-2,7,9-11H2/t15-,19-/m1/s1. The number of nitriles is 1. The number of aliphatic hydroxyl groups excluding tert-OH is 1. The van der Waals surface area contributed by atoms with Crippen molar-refractivity contribution in [1.29, 1.82) is 5.26 Å². The summed E-state index contributed by atoms with van der Waals surface area (Å²) in [5.74, 6) is 1.18. The minimum atomic E-state index is -0.196. The second kappa shape index (κ2) is 8.24. The third-order valence-electron chi connectivity index (χ3n) is 5.76. The van der Waals surface area contributed by atoms with Crippen molar-refractivity contribution in [3.63, 3.8) is 0 Å². The predicted molar refractivity (Wildman–Crippen MR) is 113 cm³/mol. The quantitative estimate of drug-likeness (QED) is 0.515. The number of aliphatic hydroxyl groups is 1. The Kier molecular flexibility index (Phi) is 5.14. The van der Waals surface area contributed by atoms with Gasteiger partial charge in [-0.2, -0.15) is 15.0 Å². The number of aromatic nitrogens is 7. The van der Waals surface area contributed by atoms with Crippen LogP contribution in [0.25, 0.3) is 28.0 Å². The van der Waals surface area contributed by atoms with Gasteiger partial charge >= 0.3 is 0 Å². The van der Waals surface area contributed by atoms with Gasteiger partial charge in [0.1, 0.15) is 5.82 Å². The van der Waals surface area contributed by atoms with Gasteiger partial charge in [0.15, 0.2) is 11.2 Å². The van der Waals surface area contributed by atoms with E-state index in [9.17, 15) is 5.11 Å². The maximum absolute atomic E-state index is 9.77. The zero-order chi connectivity index (χ0) is 21.2. The van der Waals surface area contributed by atoms with E-state index in [0.717, 1.165) is 48.3 Å². The van der Waals surface area contributed by atoms with E-state index >= 15 is 0 Å². The van der Waals surface area contributed by atoms with Crippen molar-refractivity contribution in [3.8, 4) is 22.9 Å². The smallest absolute Gasteiger partial charge is 0.187 e. The minimum Gasteiger partial charge on any atom is -0.393 e. The number of benzene rings is 1. The van der Waals surface area contributed by atoms with Crippen LogP contribution in [0.3, 0.4) is 0 Å². The molecule has 4 aromatic rings. The van der Waals surface area contributed by atoms with E-state index in [1.807, 2.05) is 30.5 Å². The first-order valence-corrected chi connectivity index (χ1v) is 10.5. The first kappa shape index (κ1) is 19.3. The topological polar surface area (TPSA) is 118 Å². The summed E-state index contributed by atoms with van der Waals surface area (Å²) in [6.45, 7) is 0.585. The third-order valence-corrected chi connectivity index (χ3v) is 5.76. The molecule has 1 N–H and O–H groups in total. The summed E-state index contributed by atoms with van der Waals surface area (Å²) in [7, 11) is 0. The van der Waals surface area contributed by atoms with Crippen molar-refractivity contribution in [2.75, 3.05) is 0 Å². The highest BCUT2D eigenvalue weighted by atomic mass is 16.3. The van der Waals surface area contributed by atoms with Crippen LogP contribution in [0.1, 0.15) is 31.5 Å². The number of nitrogens with zero attached hydrogens (tertiary/aromatic N) is 8. The third kappa shape index (κ3) is 4.02. The van der Waals surface area contributed by atoms with Crippen LogP contribution in [0, 0.1) is 17.2 Å². The Morgan fingerprint density at radius 1 is 1.13 bits per heavy atom. The molecular formula is C22H22N8O. The largest absolute Gasteiger partial charge is 0.393 e. The number of hydrogen-bond donors (Lipinski definition) is 1. The molecule has 0 spiro atoms. The van der Waals surface area contributed by atoms with Gasteiger partial charge in [0, 0.05) is 18.2 Å². The van der Waals surface area contributed by atoms with Crippen molar-refractivity contribution in [2.24, 2.45) is 5.92 Å². The summed E-state index contributed by atoms with van der Waals surface area (Å²) >= 11 is 0. The summed E-state index contributed by atoms with van der Waals surface area (Å²) < 4.78 is 3.50. The van der Waals surface area contributed by atoms with Crippen molar-refractivity contribution in [2.45, 2.75) is 44.8 Å². The average molecular weight is 414 g/mol. The molecule has 1 aliphatic rings. The zero-order valence-corrected chi connectivity index (χ0v) is 17.0. The summed E-state index contributed by atoms with van der Waals surface area (Å²) in [6.07, 6.45) is 9.14. The number of aryl methyl sites for hydroxylation is 1. The van der Waals surface area contributed by atoms with Crippen LogP contribution in [0.2, 0.25) is 0 Å². The molecule has 0 amide bonds. The average Bonchev–Trinajstić information content (AvgIpc) is 3.52. The molecule has 1 aromatic carbocycles. The minimum absolute atomic E-state index is 0.196.